The normalized spacial score (nSPS) is 15.2. The summed E-state index contributed by atoms with van der Waals surface area (Å²) in [5.41, 5.74) is 5.00. The Kier molecular flexibility index (Phi) is 3.68. The fraction of sp³-hybridized carbons (Fsp3) is 0.417. The summed E-state index contributed by atoms with van der Waals surface area (Å²) >= 11 is 0. The van der Waals surface area contributed by atoms with E-state index in [0.717, 1.165) is 12.8 Å². The predicted octanol–water partition coefficient (Wildman–Crippen LogP) is 0.942. The van der Waals surface area contributed by atoms with Crippen molar-refractivity contribution in [2.75, 3.05) is 18.5 Å². The molecule has 1 aliphatic rings. The number of carbonyl (C=O) groups excluding carboxylic acids is 1. The van der Waals surface area contributed by atoms with Gasteiger partial charge in [-0.1, -0.05) is 0 Å². The molecule has 0 radical (unpaired) electrons. The molecule has 0 atom stereocenters. The quantitative estimate of drug-likeness (QED) is 0.840. The van der Waals surface area contributed by atoms with E-state index in [-0.39, 0.29) is 11.7 Å². The third kappa shape index (κ3) is 2.90. The largest absolute Gasteiger partial charge is 0.399 e. The van der Waals surface area contributed by atoms with Crippen LogP contribution in [0.4, 0.5) is 14.5 Å². The van der Waals surface area contributed by atoms with Gasteiger partial charge in [0.1, 0.15) is 22.3 Å². The SMILES string of the molecule is CN(C(=O)CS(=O)(=O)c1c(F)cc(N)cc1F)C1CC1. The Bertz CT molecular complexity index is 634. The Labute approximate surface area is 115 Å². The summed E-state index contributed by atoms with van der Waals surface area (Å²) < 4.78 is 51.2. The van der Waals surface area contributed by atoms with Crippen molar-refractivity contribution in [3.05, 3.63) is 23.8 Å². The molecule has 1 saturated carbocycles. The molecular formula is C12H14F2N2O3S. The van der Waals surface area contributed by atoms with Crippen molar-refractivity contribution in [1.29, 1.82) is 0 Å². The number of carbonyl (C=O) groups is 1. The van der Waals surface area contributed by atoms with E-state index in [1.807, 2.05) is 0 Å². The maximum absolute atomic E-state index is 13.6. The molecule has 5 nitrogen and oxygen atoms in total. The molecule has 2 N–H and O–H groups in total. The summed E-state index contributed by atoms with van der Waals surface area (Å²) in [7, 11) is -2.91. The lowest BCUT2D eigenvalue weighted by atomic mass is 10.3. The number of nitrogens with zero attached hydrogens (tertiary/aromatic N) is 1. The zero-order valence-electron chi connectivity index (χ0n) is 10.8. The molecular weight excluding hydrogens is 290 g/mol. The van der Waals surface area contributed by atoms with Gasteiger partial charge in [-0.25, -0.2) is 17.2 Å². The predicted molar refractivity (Wildman–Crippen MR) is 68.6 cm³/mol. The third-order valence-corrected chi connectivity index (χ3v) is 4.77. The number of anilines is 1. The van der Waals surface area contributed by atoms with Crippen molar-refractivity contribution >= 4 is 21.4 Å². The van der Waals surface area contributed by atoms with Gasteiger partial charge in [0.2, 0.25) is 5.91 Å². The number of sulfone groups is 1. The first kappa shape index (κ1) is 14.7. The molecule has 1 amide bonds. The maximum atomic E-state index is 13.6. The van der Waals surface area contributed by atoms with Gasteiger partial charge >= 0.3 is 0 Å². The van der Waals surface area contributed by atoms with Crippen LogP contribution in [0.15, 0.2) is 17.0 Å². The Morgan fingerprint density at radius 2 is 1.85 bits per heavy atom. The Morgan fingerprint density at radius 1 is 1.35 bits per heavy atom. The van der Waals surface area contributed by atoms with Crippen LogP contribution in [0.5, 0.6) is 0 Å². The van der Waals surface area contributed by atoms with Gasteiger partial charge in [0.25, 0.3) is 0 Å². The first-order valence-corrected chi connectivity index (χ1v) is 7.60. The molecule has 2 rings (SSSR count). The highest BCUT2D eigenvalue weighted by molar-refractivity contribution is 7.92. The average molecular weight is 304 g/mol. The fourth-order valence-corrected chi connectivity index (χ4v) is 3.26. The fourth-order valence-electron chi connectivity index (χ4n) is 1.88. The molecule has 20 heavy (non-hydrogen) atoms. The van der Waals surface area contributed by atoms with E-state index in [9.17, 15) is 22.0 Å². The van der Waals surface area contributed by atoms with Gasteiger partial charge in [-0.3, -0.25) is 4.79 Å². The highest BCUT2D eigenvalue weighted by Crippen LogP contribution is 2.27. The minimum atomic E-state index is -4.39. The maximum Gasteiger partial charge on any atom is 0.238 e. The summed E-state index contributed by atoms with van der Waals surface area (Å²) in [5, 5.41) is 0. The summed E-state index contributed by atoms with van der Waals surface area (Å²) in [4.78, 5) is 12.0. The second-order valence-corrected chi connectivity index (χ2v) is 6.73. The molecule has 0 bridgehead atoms. The highest BCUT2D eigenvalue weighted by atomic mass is 32.2. The number of nitrogens with two attached hydrogens (primary N) is 1. The van der Waals surface area contributed by atoms with Crippen LogP contribution in [-0.4, -0.2) is 38.1 Å². The molecule has 0 heterocycles. The second kappa shape index (κ2) is 5.01. The van der Waals surface area contributed by atoms with Crippen LogP contribution in [0.1, 0.15) is 12.8 Å². The number of hydrogen-bond donors (Lipinski definition) is 1. The van der Waals surface area contributed by atoms with E-state index in [0.29, 0.717) is 12.1 Å². The number of rotatable bonds is 4. The lowest BCUT2D eigenvalue weighted by Gasteiger charge is -2.16. The van der Waals surface area contributed by atoms with Crippen molar-refractivity contribution in [3.63, 3.8) is 0 Å². The zero-order chi connectivity index (χ0) is 15.1. The van der Waals surface area contributed by atoms with E-state index in [4.69, 9.17) is 5.73 Å². The van der Waals surface area contributed by atoms with Crippen molar-refractivity contribution in [1.82, 2.24) is 4.90 Å². The topological polar surface area (TPSA) is 80.5 Å². The minimum absolute atomic E-state index is 0.0267. The number of halogens is 2. The van der Waals surface area contributed by atoms with E-state index in [1.165, 1.54) is 11.9 Å². The van der Waals surface area contributed by atoms with Crippen molar-refractivity contribution in [2.45, 2.75) is 23.8 Å². The Morgan fingerprint density at radius 3 is 2.30 bits per heavy atom. The van der Waals surface area contributed by atoms with Crippen molar-refractivity contribution < 1.29 is 22.0 Å². The van der Waals surface area contributed by atoms with Gasteiger partial charge in [0, 0.05) is 18.8 Å². The Hall–Kier alpha value is -1.70. The zero-order valence-corrected chi connectivity index (χ0v) is 11.6. The summed E-state index contributed by atoms with van der Waals surface area (Å²) in [6.45, 7) is 0. The van der Waals surface area contributed by atoms with Gasteiger partial charge in [0.05, 0.1) is 0 Å². The van der Waals surface area contributed by atoms with Crippen molar-refractivity contribution in [2.24, 2.45) is 0 Å². The van der Waals surface area contributed by atoms with Gasteiger partial charge in [-0.15, -0.1) is 0 Å². The molecule has 110 valence electrons. The average Bonchev–Trinajstić information content (AvgIpc) is 3.08. The Balaban J connectivity index is 2.29. The second-order valence-electron chi connectivity index (χ2n) is 4.81. The van der Waals surface area contributed by atoms with Crippen LogP contribution in [0.3, 0.4) is 0 Å². The van der Waals surface area contributed by atoms with Crippen LogP contribution in [0, 0.1) is 11.6 Å². The first-order valence-electron chi connectivity index (χ1n) is 5.95. The van der Waals surface area contributed by atoms with E-state index >= 15 is 0 Å². The highest BCUT2D eigenvalue weighted by Gasteiger charge is 2.34. The number of hydrogen-bond acceptors (Lipinski definition) is 4. The van der Waals surface area contributed by atoms with Crippen LogP contribution in [0.25, 0.3) is 0 Å². The number of benzene rings is 1. The number of nitrogen functional groups attached to an aromatic ring is 1. The standard InChI is InChI=1S/C12H14F2N2O3S/c1-16(8-2-3-8)11(17)6-20(18,19)12-9(13)4-7(15)5-10(12)14/h4-5,8H,2-3,6,15H2,1H3. The van der Waals surface area contributed by atoms with Gasteiger partial charge in [0.15, 0.2) is 9.84 Å². The lowest BCUT2D eigenvalue weighted by Crippen LogP contribution is -2.34. The molecule has 1 fully saturated rings. The molecule has 1 aromatic carbocycles. The molecule has 0 aromatic heterocycles. The summed E-state index contributed by atoms with van der Waals surface area (Å²) in [6, 6.07) is 1.45. The molecule has 1 aliphatic carbocycles. The van der Waals surface area contributed by atoms with Crippen LogP contribution in [0.2, 0.25) is 0 Å². The van der Waals surface area contributed by atoms with Crippen LogP contribution < -0.4 is 5.73 Å². The third-order valence-electron chi connectivity index (χ3n) is 3.13. The van der Waals surface area contributed by atoms with Gasteiger partial charge < -0.3 is 10.6 Å². The van der Waals surface area contributed by atoms with E-state index < -0.39 is 38.0 Å². The van der Waals surface area contributed by atoms with Crippen molar-refractivity contribution in [3.8, 4) is 0 Å². The molecule has 8 heteroatoms. The molecule has 0 aliphatic heterocycles. The molecule has 1 aromatic rings. The molecule has 0 spiro atoms. The smallest absolute Gasteiger partial charge is 0.238 e. The lowest BCUT2D eigenvalue weighted by molar-refractivity contribution is -0.127. The summed E-state index contributed by atoms with van der Waals surface area (Å²) in [5.74, 6) is -4.21. The monoisotopic (exact) mass is 304 g/mol. The van der Waals surface area contributed by atoms with Crippen LogP contribution >= 0.6 is 0 Å². The van der Waals surface area contributed by atoms with Crippen LogP contribution in [-0.2, 0) is 14.6 Å². The minimum Gasteiger partial charge on any atom is -0.399 e. The van der Waals surface area contributed by atoms with E-state index in [1.54, 1.807) is 0 Å². The van der Waals surface area contributed by atoms with Gasteiger partial charge in [-0.2, -0.15) is 0 Å². The van der Waals surface area contributed by atoms with Gasteiger partial charge in [-0.05, 0) is 25.0 Å². The van der Waals surface area contributed by atoms with E-state index in [2.05, 4.69) is 0 Å². The summed E-state index contributed by atoms with van der Waals surface area (Å²) in [6.07, 6.45) is 1.62. The first-order chi connectivity index (χ1) is 9.22. The number of amides is 1. The molecule has 0 saturated heterocycles. The molecule has 0 unspecified atom stereocenters.